The second-order valence-electron chi connectivity index (χ2n) is 43.2. The number of rotatable bonds is 103. The van der Waals surface area contributed by atoms with Gasteiger partial charge in [-0.1, -0.05) is 655 Å². The van der Waals surface area contributed by atoms with Crippen LogP contribution in [-0.2, 0) is 29.3 Å². The van der Waals surface area contributed by atoms with Crippen LogP contribution in [0.3, 0.4) is 0 Å². The van der Waals surface area contributed by atoms with Crippen LogP contribution in [0.25, 0.3) is 16.9 Å². The molecule has 2 atom stereocenters. The predicted octanol–water partition coefficient (Wildman–Crippen LogP) is 47.9. The fourth-order valence-electron chi connectivity index (χ4n) is 21.1. The zero-order valence-electron chi connectivity index (χ0n) is 92.7. The molecule has 0 amide bonds. The molecule has 2 aromatic rings. The van der Waals surface area contributed by atoms with E-state index in [-0.39, 0.29) is 16.5 Å². The summed E-state index contributed by atoms with van der Waals surface area (Å²) in [7, 11) is 0. The molecule has 1 aliphatic heterocycles. The van der Waals surface area contributed by atoms with Crippen molar-refractivity contribution >= 4 is 11.4 Å². The first-order chi connectivity index (χ1) is 65.8. The van der Waals surface area contributed by atoms with Crippen LogP contribution in [-0.4, -0.2) is 4.70 Å². The maximum absolute atomic E-state index is 12.8. The number of allylic oxidation sites excluding steroid dienone is 6. The molecule has 0 saturated heterocycles. The summed E-state index contributed by atoms with van der Waals surface area (Å²) in [6.07, 6.45) is 148. The first-order valence-corrected chi connectivity index (χ1v) is 61.8. The predicted molar refractivity (Wildman–Crippen MR) is 607 cm³/mol. The minimum Gasteiger partial charge on any atom is -0.493 e. The third-order valence-electron chi connectivity index (χ3n) is 30.3. The van der Waals surface area contributed by atoms with E-state index < -0.39 is 0 Å². The normalized spacial score (nSPS) is 12.7. The molecule has 0 aliphatic carbocycles. The summed E-state index contributed by atoms with van der Waals surface area (Å²) in [5.74, 6) is 1.39. The Kier molecular flexibility index (Phi) is 107. The average Bonchev–Trinajstić information content (AvgIpc) is 1.60. The van der Waals surface area contributed by atoms with Gasteiger partial charge in [-0.05, 0) is 119 Å². The standard InChI is InChI=1S/C75H126N2.2C28H57.Ni/c1-7-12-17-20-23-26-27-28-29-30-31-32-33-34-35-36-37-40-43-48-59-71-66(6)74(72-60-51-49-57-69(72)64-62-67(53-44-15-10-4)55-46-41-38-24-21-18-13-8-2)77(76)75(71)73-61-52-50-58-70(73)65-63-68(54-45-16-11-5)56-47-42-39-25-22-19-14-9-3;2*1-3-5-7-9-11-13-15-17-19-21-23-25-27-28-26-24-22-20-18-16-14-12-10-8-6-4-2;/h41-42,46-47,49-52,57-58,60-61,67-68H,7-40,43-45,48,53-56,59,62-65H2,1-6H3;2*1,3-28H2,2H3;/q;2*-1;+2. The van der Waals surface area contributed by atoms with Gasteiger partial charge >= 0.3 is 16.5 Å². The van der Waals surface area contributed by atoms with Crippen molar-refractivity contribution in [2.45, 2.75) is 691 Å². The van der Waals surface area contributed by atoms with E-state index >= 15 is 0 Å². The van der Waals surface area contributed by atoms with Crippen LogP contribution < -0.4 is 0 Å². The zero-order valence-corrected chi connectivity index (χ0v) is 93.7. The summed E-state index contributed by atoms with van der Waals surface area (Å²) in [6, 6.07) is 18.3. The van der Waals surface area contributed by atoms with Crippen LogP contribution in [0.2, 0.25) is 0 Å². The van der Waals surface area contributed by atoms with Gasteiger partial charge in [0.05, 0.1) is 0 Å². The van der Waals surface area contributed by atoms with Crippen LogP contribution in [0, 0.1) is 25.7 Å². The molecule has 3 rings (SSSR count). The fraction of sp³-hybridized carbons (Fsp3) is 0.832. The molecule has 0 radical (unpaired) electrons. The fourth-order valence-corrected chi connectivity index (χ4v) is 21.1. The summed E-state index contributed by atoms with van der Waals surface area (Å²) < 4.78 is 1.67. The Bertz CT molecular complexity index is 2670. The van der Waals surface area contributed by atoms with Crippen LogP contribution in [0.15, 0.2) is 84.0 Å². The third-order valence-corrected chi connectivity index (χ3v) is 30.3. The van der Waals surface area contributed by atoms with E-state index in [0.29, 0.717) is 11.8 Å². The van der Waals surface area contributed by atoms with E-state index in [1.54, 1.807) is 4.70 Å². The molecule has 0 saturated carbocycles. The molecule has 2 aromatic carbocycles. The van der Waals surface area contributed by atoms with Gasteiger partial charge in [-0.25, -0.2) is 4.70 Å². The molecule has 0 bridgehead atoms. The number of nitrogens with zero attached hydrogens (tertiary/aromatic N) is 2. The molecule has 1 heterocycles. The largest absolute Gasteiger partial charge is 2.00 e. The molecule has 0 aromatic heterocycles. The maximum Gasteiger partial charge on any atom is 2.00 e. The van der Waals surface area contributed by atoms with Gasteiger partial charge in [-0.3, -0.25) is 0 Å². The van der Waals surface area contributed by atoms with Gasteiger partial charge in [-0.2, -0.15) is 12.8 Å². The Morgan fingerprint density at radius 3 is 0.672 bits per heavy atom. The minimum atomic E-state index is 0. The number of benzene rings is 2. The molecule has 0 spiro atoms. The second-order valence-corrected chi connectivity index (χ2v) is 43.2. The topological polar surface area (TPSA) is 25.3 Å². The van der Waals surface area contributed by atoms with Crippen molar-refractivity contribution in [3.05, 3.63) is 126 Å². The monoisotopic (exact) mass is 1900 g/mol. The molecule has 784 valence electrons. The van der Waals surface area contributed by atoms with E-state index in [2.05, 4.69) is 142 Å². The summed E-state index contributed by atoms with van der Waals surface area (Å²) in [4.78, 5) is 0. The zero-order chi connectivity index (χ0) is 95.8. The Balaban J connectivity index is 0.00000252. The molecule has 2 nitrogen and oxygen atoms in total. The first kappa shape index (κ1) is 131. The van der Waals surface area contributed by atoms with Crippen molar-refractivity contribution in [2.75, 3.05) is 0 Å². The smallest absolute Gasteiger partial charge is 0.493 e. The van der Waals surface area contributed by atoms with Crippen molar-refractivity contribution < 1.29 is 21.2 Å². The molecule has 1 aliphatic rings. The van der Waals surface area contributed by atoms with Gasteiger partial charge in [0, 0.05) is 22.3 Å². The van der Waals surface area contributed by atoms with Gasteiger partial charge < -0.3 is 19.4 Å². The molecule has 0 fully saturated rings. The van der Waals surface area contributed by atoms with Crippen molar-refractivity contribution in [1.29, 1.82) is 0 Å². The molecular weight excluding hydrogens is 1660 g/mol. The van der Waals surface area contributed by atoms with E-state index in [1.165, 1.54) is 637 Å². The quantitative estimate of drug-likeness (QED) is 0.0207. The van der Waals surface area contributed by atoms with Crippen molar-refractivity contribution in [2.24, 2.45) is 11.8 Å². The van der Waals surface area contributed by atoms with Crippen LogP contribution in [0.1, 0.15) is 700 Å². The summed E-state index contributed by atoms with van der Waals surface area (Å²) in [5, 5.41) is 0. The molecule has 0 N–H and O–H groups in total. The van der Waals surface area contributed by atoms with E-state index in [9.17, 15) is 5.53 Å². The van der Waals surface area contributed by atoms with E-state index in [0.717, 1.165) is 43.5 Å². The number of hydrogen-bond donors (Lipinski definition) is 0. The van der Waals surface area contributed by atoms with Crippen molar-refractivity contribution in [3.63, 3.8) is 0 Å². The van der Waals surface area contributed by atoms with Gasteiger partial charge in [0.15, 0.2) is 0 Å². The Hall–Kier alpha value is -2.51. The molecule has 2 unspecified atom stereocenters. The van der Waals surface area contributed by atoms with Gasteiger partial charge in [0.25, 0.3) is 0 Å². The van der Waals surface area contributed by atoms with Gasteiger partial charge in [0.2, 0.25) is 11.4 Å². The van der Waals surface area contributed by atoms with E-state index in [4.69, 9.17) is 0 Å². The van der Waals surface area contributed by atoms with E-state index in [1.807, 2.05) is 0 Å². The van der Waals surface area contributed by atoms with Crippen LogP contribution in [0.5, 0.6) is 0 Å². The first-order valence-electron chi connectivity index (χ1n) is 61.8. The van der Waals surface area contributed by atoms with Crippen LogP contribution >= 0.6 is 0 Å². The van der Waals surface area contributed by atoms with Crippen molar-refractivity contribution in [1.82, 2.24) is 0 Å². The SMILES string of the molecule is CCCCCCCC=CCC(CCCCC)CCc1ccccc1C1=C(C)C(CCCCCCCCCCCCCCCCCCCCCC)=C(c2ccccc2CCC(CC=CCCCCCCC)CCCCC)[N+]1=[N-].[CH2-]CCCCCCCCCCCCCCCCCCCCCCCCCCC.[CH2-]CCCCCCCCCCCCCCCCCCCCCCCCCCC.[Ni+2]. The van der Waals surface area contributed by atoms with Crippen molar-refractivity contribution in [3.8, 4) is 0 Å². The average molecular weight is 1900 g/mol. The molecular formula is C131H240N2Ni. The molecule has 134 heavy (non-hydrogen) atoms. The van der Waals surface area contributed by atoms with Gasteiger partial charge in [-0.15, -0.1) is 0 Å². The molecule has 3 heteroatoms. The number of aryl methyl sites for hydroxylation is 2. The Labute approximate surface area is 855 Å². The van der Waals surface area contributed by atoms with Gasteiger partial charge in [0.1, 0.15) is 0 Å². The summed E-state index contributed by atoms with van der Waals surface area (Å²) in [6.45, 7) is 26.4. The number of hydrogen-bond acceptors (Lipinski definition) is 0. The minimum absolute atomic E-state index is 0. The second kappa shape index (κ2) is 109. The summed E-state index contributed by atoms with van der Waals surface area (Å²) >= 11 is 0. The Morgan fingerprint density at radius 1 is 0.231 bits per heavy atom. The van der Waals surface area contributed by atoms with Crippen LogP contribution in [0.4, 0.5) is 0 Å². The third kappa shape index (κ3) is 84.0. The summed E-state index contributed by atoms with van der Waals surface area (Å²) in [5.41, 5.74) is 22.8. The Morgan fingerprint density at radius 2 is 0.433 bits per heavy atom. The number of unbranched alkanes of at least 4 members (excludes halogenated alkanes) is 83. The maximum atomic E-state index is 12.8.